The number of esters is 1. The van der Waals surface area contributed by atoms with Crippen molar-refractivity contribution < 1.29 is 14.6 Å². The third-order valence-corrected chi connectivity index (χ3v) is 2.43. The van der Waals surface area contributed by atoms with Crippen molar-refractivity contribution in [3.63, 3.8) is 0 Å². The van der Waals surface area contributed by atoms with Crippen LogP contribution >= 0.6 is 0 Å². The van der Waals surface area contributed by atoms with E-state index in [1.165, 1.54) is 0 Å². The summed E-state index contributed by atoms with van der Waals surface area (Å²) in [6.45, 7) is 8.48. The normalized spacial score (nSPS) is 29.1. The van der Waals surface area contributed by atoms with E-state index >= 15 is 0 Å². The fraction of sp³-hybridized carbons (Fsp3) is 0.417. The highest BCUT2D eigenvalue weighted by atomic mass is 16.6. The van der Waals surface area contributed by atoms with Crippen LogP contribution in [0, 0.1) is 0 Å². The summed E-state index contributed by atoms with van der Waals surface area (Å²) in [5.74, 6) is -0.541. The molecule has 1 rings (SSSR count). The van der Waals surface area contributed by atoms with Crippen LogP contribution in [-0.2, 0) is 9.53 Å². The van der Waals surface area contributed by atoms with Gasteiger partial charge in [0.25, 0.3) is 0 Å². The summed E-state index contributed by atoms with van der Waals surface area (Å²) in [5.41, 5.74) is 5.95. The average Bonchev–Trinajstić information content (AvgIpc) is 2.13. The van der Waals surface area contributed by atoms with Gasteiger partial charge in [-0.05, 0) is 38.5 Å². The van der Waals surface area contributed by atoms with Crippen molar-refractivity contribution in [2.75, 3.05) is 0 Å². The first-order valence-electron chi connectivity index (χ1n) is 4.99. The highest BCUT2D eigenvalue weighted by molar-refractivity contribution is 5.87. The maximum atomic E-state index is 11.5. The van der Waals surface area contributed by atoms with Gasteiger partial charge in [0, 0.05) is 11.3 Å². The Balaban J connectivity index is 2.97. The Labute approximate surface area is 95.1 Å². The second-order valence-electron chi connectivity index (χ2n) is 4.29. The molecule has 0 aromatic carbocycles. The standard InChI is InChI=1S/C12H17NO3/c1-7(2)11(15)16-12(4)6-8(3)5-9(13)10(12)14/h5-6,10,14H,1,13H2,2-4H3. The van der Waals surface area contributed by atoms with Crippen molar-refractivity contribution in [3.05, 3.63) is 35.6 Å². The number of allylic oxidation sites excluding steroid dienone is 2. The average molecular weight is 223 g/mol. The van der Waals surface area contributed by atoms with Crippen LogP contribution in [-0.4, -0.2) is 22.8 Å². The third-order valence-electron chi connectivity index (χ3n) is 2.43. The number of hydrogen-bond donors (Lipinski definition) is 2. The maximum absolute atomic E-state index is 11.5. The molecule has 3 N–H and O–H groups in total. The summed E-state index contributed by atoms with van der Waals surface area (Å²) >= 11 is 0. The van der Waals surface area contributed by atoms with Gasteiger partial charge in [-0.2, -0.15) is 0 Å². The van der Waals surface area contributed by atoms with E-state index in [0.717, 1.165) is 5.57 Å². The molecule has 0 radical (unpaired) electrons. The number of aliphatic hydroxyl groups is 1. The molecule has 0 saturated heterocycles. The van der Waals surface area contributed by atoms with Crippen LogP contribution in [0.5, 0.6) is 0 Å². The topological polar surface area (TPSA) is 72.5 Å². The van der Waals surface area contributed by atoms with Gasteiger partial charge < -0.3 is 15.6 Å². The van der Waals surface area contributed by atoms with Gasteiger partial charge in [-0.3, -0.25) is 0 Å². The number of nitrogens with two attached hydrogens (primary N) is 1. The fourth-order valence-electron chi connectivity index (χ4n) is 1.62. The van der Waals surface area contributed by atoms with E-state index in [0.29, 0.717) is 0 Å². The summed E-state index contributed by atoms with van der Waals surface area (Å²) in [7, 11) is 0. The Bertz CT molecular complexity index is 395. The van der Waals surface area contributed by atoms with Crippen molar-refractivity contribution in [1.29, 1.82) is 0 Å². The van der Waals surface area contributed by atoms with Crippen LogP contribution in [0.25, 0.3) is 0 Å². The molecule has 4 nitrogen and oxygen atoms in total. The zero-order valence-electron chi connectivity index (χ0n) is 9.78. The summed E-state index contributed by atoms with van der Waals surface area (Å²) in [6.07, 6.45) is 2.30. The zero-order valence-corrected chi connectivity index (χ0v) is 9.78. The Morgan fingerprint density at radius 2 is 2.25 bits per heavy atom. The Morgan fingerprint density at radius 1 is 1.69 bits per heavy atom. The van der Waals surface area contributed by atoms with Gasteiger partial charge >= 0.3 is 5.97 Å². The first kappa shape index (κ1) is 12.5. The lowest BCUT2D eigenvalue weighted by molar-refractivity contribution is -0.156. The summed E-state index contributed by atoms with van der Waals surface area (Å²) < 4.78 is 5.21. The summed E-state index contributed by atoms with van der Waals surface area (Å²) in [4.78, 5) is 11.5. The molecule has 0 aromatic heterocycles. The quantitative estimate of drug-likeness (QED) is 0.541. The number of carbonyl (C=O) groups is 1. The monoisotopic (exact) mass is 223 g/mol. The molecular weight excluding hydrogens is 206 g/mol. The predicted octanol–water partition coefficient (Wildman–Crippen LogP) is 1.03. The number of rotatable bonds is 2. The molecular formula is C12H17NO3. The fourth-order valence-corrected chi connectivity index (χ4v) is 1.62. The van der Waals surface area contributed by atoms with Crippen LogP contribution in [0.1, 0.15) is 20.8 Å². The van der Waals surface area contributed by atoms with Gasteiger partial charge in [0.15, 0.2) is 5.60 Å². The zero-order chi connectivity index (χ0) is 12.5. The predicted molar refractivity (Wildman–Crippen MR) is 61.3 cm³/mol. The molecule has 0 aromatic rings. The van der Waals surface area contributed by atoms with E-state index < -0.39 is 17.7 Å². The molecule has 0 spiro atoms. The molecule has 0 heterocycles. The van der Waals surface area contributed by atoms with Gasteiger partial charge in [0.05, 0.1) is 0 Å². The van der Waals surface area contributed by atoms with Crippen LogP contribution in [0.15, 0.2) is 35.6 Å². The van der Waals surface area contributed by atoms with Crippen LogP contribution in [0.2, 0.25) is 0 Å². The maximum Gasteiger partial charge on any atom is 0.334 e. The minimum absolute atomic E-state index is 0.285. The first-order valence-corrected chi connectivity index (χ1v) is 4.99. The summed E-state index contributed by atoms with van der Waals surface area (Å²) in [6, 6.07) is 0. The Morgan fingerprint density at radius 3 is 2.75 bits per heavy atom. The SMILES string of the molecule is C=C(C)C(=O)OC1(C)C=C(C)C=C(N)C1O. The molecule has 88 valence electrons. The molecule has 0 fully saturated rings. The van der Waals surface area contributed by atoms with Crippen molar-refractivity contribution in [2.24, 2.45) is 5.73 Å². The van der Waals surface area contributed by atoms with Gasteiger partial charge in [0.1, 0.15) is 6.10 Å². The number of carbonyl (C=O) groups excluding carboxylic acids is 1. The van der Waals surface area contributed by atoms with Gasteiger partial charge in [-0.15, -0.1) is 0 Å². The van der Waals surface area contributed by atoms with E-state index in [9.17, 15) is 9.90 Å². The van der Waals surface area contributed by atoms with E-state index in [-0.39, 0.29) is 11.3 Å². The number of hydrogen-bond acceptors (Lipinski definition) is 4. The molecule has 0 saturated carbocycles. The molecule has 2 unspecified atom stereocenters. The molecule has 2 atom stereocenters. The summed E-state index contributed by atoms with van der Waals surface area (Å²) in [5, 5.41) is 9.90. The van der Waals surface area contributed by atoms with Crippen molar-refractivity contribution >= 4 is 5.97 Å². The highest BCUT2D eigenvalue weighted by Crippen LogP contribution is 2.28. The lowest BCUT2D eigenvalue weighted by atomic mass is 9.88. The number of ether oxygens (including phenoxy) is 1. The van der Waals surface area contributed by atoms with E-state index in [1.807, 2.05) is 6.92 Å². The third kappa shape index (κ3) is 2.33. The van der Waals surface area contributed by atoms with Crippen LogP contribution < -0.4 is 5.73 Å². The minimum atomic E-state index is -1.13. The van der Waals surface area contributed by atoms with Gasteiger partial charge in [-0.1, -0.05) is 6.58 Å². The van der Waals surface area contributed by atoms with E-state index in [1.54, 1.807) is 26.0 Å². The lowest BCUT2D eigenvalue weighted by Crippen LogP contribution is -2.46. The lowest BCUT2D eigenvalue weighted by Gasteiger charge is -2.34. The van der Waals surface area contributed by atoms with Crippen LogP contribution in [0.3, 0.4) is 0 Å². The smallest absolute Gasteiger partial charge is 0.334 e. The second-order valence-corrected chi connectivity index (χ2v) is 4.29. The largest absolute Gasteiger partial charge is 0.449 e. The molecule has 0 aliphatic heterocycles. The molecule has 0 amide bonds. The molecule has 4 heteroatoms. The Kier molecular flexibility index (Phi) is 3.24. The van der Waals surface area contributed by atoms with Gasteiger partial charge in [0.2, 0.25) is 0 Å². The van der Waals surface area contributed by atoms with Crippen molar-refractivity contribution in [2.45, 2.75) is 32.5 Å². The minimum Gasteiger partial charge on any atom is -0.449 e. The van der Waals surface area contributed by atoms with Gasteiger partial charge in [-0.25, -0.2) is 4.79 Å². The second kappa shape index (κ2) is 4.14. The van der Waals surface area contributed by atoms with Crippen molar-refractivity contribution in [3.8, 4) is 0 Å². The van der Waals surface area contributed by atoms with Crippen LogP contribution in [0.4, 0.5) is 0 Å². The molecule has 16 heavy (non-hydrogen) atoms. The van der Waals surface area contributed by atoms with E-state index in [2.05, 4.69) is 6.58 Å². The molecule has 0 bridgehead atoms. The Hall–Kier alpha value is -1.55. The molecule has 1 aliphatic carbocycles. The first-order chi connectivity index (χ1) is 7.26. The van der Waals surface area contributed by atoms with Crippen molar-refractivity contribution in [1.82, 2.24) is 0 Å². The molecule has 1 aliphatic rings. The number of aliphatic hydroxyl groups excluding tert-OH is 1. The van der Waals surface area contributed by atoms with E-state index in [4.69, 9.17) is 10.5 Å². The highest BCUT2D eigenvalue weighted by Gasteiger charge is 2.38.